The minimum absolute atomic E-state index is 0.307. The van der Waals surface area contributed by atoms with Crippen molar-refractivity contribution < 1.29 is 14.4 Å². The number of halogens is 1. The summed E-state index contributed by atoms with van der Waals surface area (Å²) in [4.78, 5) is 45.0. The number of carbonyl (C=O) groups excluding carboxylic acids is 3. The molecule has 1 aliphatic heterocycles. The number of thiazole rings is 1. The van der Waals surface area contributed by atoms with Crippen LogP contribution in [-0.4, -0.2) is 22.7 Å². The second kappa shape index (κ2) is 8.27. The summed E-state index contributed by atoms with van der Waals surface area (Å²) in [6.07, 6.45) is 0. The molecular formula is C25H16ClN3O3S. The lowest BCUT2D eigenvalue weighted by molar-refractivity contribution is 0.0924. The Morgan fingerprint density at radius 2 is 1.64 bits per heavy atom. The number of nitrogens with one attached hydrogen (secondary N) is 1. The van der Waals surface area contributed by atoms with Crippen molar-refractivity contribution in [3.8, 4) is 11.3 Å². The first kappa shape index (κ1) is 21.1. The van der Waals surface area contributed by atoms with Crippen LogP contribution in [0.5, 0.6) is 0 Å². The molecule has 162 valence electrons. The predicted octanol–water partition coefficient (Wildman–Crippen LogP) is 5.82. The first-order valence-corrected chi connectivity index (χ1v) is 11.2. The molecule has 3 amide bonds. The van der Waals surface area contributed by atoms with E-state index in [4.69, 9.17) is 11.6 Å². The van der Waals surface area contributed by atoms with Crippen LogP contribution >= 0.6 is 22.9 Å². The maximum Gasteiger partial charge on any atom is 0.266 e. The normalized spacial score (nSPS) is 12.7. The van der Waals surface area contributed by atoms with Crippen LogP contribution in [0.15, 0.2) is 72.8 Å². The molecule has 1 N–H and O–H groups in total. The summed E-state index contributed by atoms with van der Waals surface area (Å²) in [6.45, 7) is 1.92. The number of rotatable bonds is 4. The molecule has 1 aromatic heterocycles. The number of aromatic nitrogens is 1. The quantitative estimate of drug-likeness (QED) is 0.378. The van der Waals surface area contributed by atoms with Crippen molar-refractivity contribution >= 4 is 51.5 Å². The number of benzene rings is 3. The highest BCUT2D eigenvalue weighted by Crippen LogP contribution is 2.32. The van der Waals surface area contributed by atoms with E-state index in [9.17, 15) is 14.4 Å². The Morgan fingerprint density at radius 3 is 2.33 bits per heavy atom. The molecular weight excluding hydrogens is 458 g/mol. The number of aryl methyl sites for hydroxylation is 1. The molecule has 0 atom stereocenters. The van der Waals surface area contributed by atoms with E-state index in [0.29, 0.717) is 32.5 Å². The topological polar surface area (TPSA) is 79.4 Å². The van der Waals surface area contributed by atoms with Crippen molar-refractivity contribution in [3.05, 3.63) is 99.4 Å². The van der Waals surface area contributed by atoms with Crippen LogP contribution in [0.2, 0.25) is 5.02 Å². The van der Waals surface area contributed by atoms with Crippen molar-refractivity contribution in [2.45, 2.75) is 6.92 Å². The van der Waals surface area contributed by atoms with Gasteiger partial charge >= 0.3 is 0 Å². The molecule has 8 heteroatoms. The third-order valence-corrected chi connectivity index (χ3v) is 6.40. The number of carbonyl (C=O) groups is 3. The molecule has 0 bridgehead atoms. The third-order valence-electron chi connectivity index (χ3n) is 5.28. The average Bonchev–Trinajstić information content (AvgIpc) is 3.30. The van der Waals surface area contributed by atoms with Gasteiger partial charge in [-0.2, -0.15) is 0 Å². The van der Waals surface area contributed by atoms with Crippen LogP contribution in [0.3, 0.4) is 0 Å². The maximum absolute atomic E-state index is 12.9. The highest BCUT2D eigenvalue weighted by Gasteiger charge is 2.36. The van der Waals surface area contributed by atoms with E-state index in [0.717, 1.165) is 21.0 Å². The lowest BCUT2D eigenvalue weighted by Gasteiger charge is -2.14. The molecule has 0 radical (unpaired) electrons. The summed E-state index contributed by atoms with van der Waals surface area (Å²) in [5, 5.41) is 3.86. The Morgan fingerprint density at radius 1 is 0.939 bits per heavy atom. The summed E-state index contributed by atoms with van der Waals surface area (Å²) in [5.41, 5.74) is 2.96. The molecule has 0 unspecified atom stereocenters. The van der Waals surface area contributed by atoms with Crippen LogP contribution < -0.4 is 10.2 Å². The Hall–Kier alpha value is -3.81. The van der Waals surface area contributed by atoms with E-state index in [-0.39, 0.29) is 5.91 Å². The minimum Gasteiger partial charge on any atom is -0.298 e. The number of anilines is 2. The lowest BCUT2D eigenvalue weighted by atomic mass is 10.1. The Labute approximate surface area is 198 Å². The first-order chi connectivity index (χ1) is 15.9. The Bertz CT molecular complexity index is 1410. The van der Waals surface area contributed by atoms with Crippen LogP contribution in [-0.2, 0) is 0 Å². The standard InChI is InChI=1S/C25H16ClN3O3S/c1-14-21(15-6-4-8-17(26)12-15)27-25(33-14)28-22(30)16-7-5-9-18(13-16)29-23(31)19-10-2-3-11-20(19)24(29)32/h2-13H,1H3,(H,27,28,30). The van der Waals surface area contributed by atoms with E-state index in [1.807, 2.05) is 25.1 Å². The number of hydrogen-bond donors (Lipinski definition) is 1. The Balaban J connectivity index is 1.39. The highest BCUT2D eigenvalue weighted by atomic mass is 35.5. The molecule has 33 heavy (non-hydrogen) atoms. The zero-order chi connectivity index (χ0) is 23.1. The van der Waals surface area contributed by atoms with Crippen LogP contribution in [0.1, 0.15) is 36.0 Å². The minimum atomic E-state index is -0.408. The van der Waals surface area contributed by atoms with Gasteiger partial charge in [-0.25, -0.2) is 9.88 Å². The molecule has 0 spiro atoms. The molecule has 5 rings (SSSR count). The summed E-state index contributed by atoms with van der Waals surface area (Å²) in [7, 11) is 0. The fourth-order valence-electron chi connectivity index (χ4n) is 3.73. The van der Waals surface area contributed by atoms with E-state index in [1.165, 1.54) is 17.4 Å². The van der Waals surface area contributed by atoms with E-state index >= 15 is 0 Å². The van der Waals surface area contributed by atoms with Crippen molar-refractivity contribution in [1.82, 2.24) is 4.98 Å². The second-order valence-corrected chi connectivity index (χ2v) is 9.07. The van der Waals surface area contributed by atoms with Gasteiger partial charge in [-0.1, -0.05) is 41.9 Å². The summed E-state index contributed by atoms with van der Waals surface area (Å²) in [6, 6.07) is 20.4. The second-order valence-electron chi connectivity index (χ2n) is 7.43. The molecule has 0 saturated carbocycles. The van der Waals surface area contributed by atoms with Crippen LogP contribution in [0.25, 0.3) is 11.3 Å². The van der Waals surface area contributed by atoms with E-state index in [2.05, 4.69) is 10.3 Å². The fourth-order valence-corrected chi connectivity index (χ4v) is 4.75. The van der Waals surface area contributed by atoms with Crippen LogP contribution in [0, 0.1) is 6.92 Å². The summed E-state index contributed by atoms with van der Waals surface area (Å²) in [5.74, 6) is -1.20. The Kier molecular flexibility index (Phi) is 5.28. The average molecular weight is 474 g/mol. The monoisotopic (exact) mass is 473 g/mol. The zero-order valence-corrected chi connectivity index (χ0v) is 18.9. The van der Waals surface area contributed by atoms with E-state index < -0.39 is 11.8 Å². The number of nitrogens with zero attached hydrogens (tertiary/aromatic N) is 2. The number of fused-ring (bicyclic) bond motifs is 1. The summed E-state index contributed by atoms with van der Waals surface area (Å²) >= 11 is 7.45. The van der Waals surface area contributed by atoms with Gasteiger partial charge in [0.05, 0.1) is 22.5 Å². The third kappa shape index (κ3) is 3.82. The van der Waals surface area contributed by atoms with Crippen molar-refractivity contribution in [1.29, 1.82) is 0 Å². The molecule has 2 heterocycles. The van der Waals surface area contributed by atoms with Crippen LogP contribution in [0.4, 0.5) is 10.8 Å². The number of imide groups is 1. The van der Waals surface area contributed by atoms with Gasteiger partial charge < -0.3 is 0 Å². The molecule has 4 aromatic rings. The van der Waals surface area contributed by atoms with Gasteiger partial charge in [0, 0.05) is 21.0 Å². The molecule has 0 saturated heterocycles. The predicted molar refractivity (Wildman–Crippen MR) is 129 cm³/mol. The van der Waals surface area contributed by atoms with Gasteiger partial charge in [-0.15, -0.1) is 11.3 Å². The first-order valence-electron chi connectivity index (χ1n) is 10.0. The summed E-state index contributed by atoms with van der Waals surface area (Å²) < 4.78 is 0. The van der Waals surface area contributed by atoms with Gasteiger partial charge in [0.1, 0.15) is 0 Å². The van der Waals surface area contributed by atoms with Gasteiger partial charge in [-0.05, 0) is 49.4 Å². The molecule has 1 aliphatic rings. The lowest BCUT2D eigenvalue weighted by Crippen LogP contribution is -2.29. The largest absolute Gasteiger partial charge is 0.298 e. The maximum atomic E-state index is 12.9. The van der Waals surface area contributed by atoms with Crippen molar-refractivity contribution in [3.63, 3.8) is 0 Å². The van der Waals surface area contributed by atoms with Gasteiger partial charge in [0.15, 0.2) is 5.13 Å². The number of hydrogen-bond acceptors (Lipinski definition) is 5. The van der Waals surface area contributed by atoms with Gasteiger partial charge in [-0.3, -0.25) is 19.7 Å². The molecule has 0 fully saturated rings. The molecule has 6 nitrogen and oxygen atoms in total. The molecule has 0 aliphatic carbocycles. The number of amides is 3. The fraction of sp³-hybridized carbons (Fsp3) is 0.0400. The SMILES string of the molecule is Cc1sc(NC(=O)c2cccc(N3C(=O)c4ccccc4C3=O)c2)nc1-c1cccc(Cl)c1. The highest BCUT2D eigenvalue weighted by molar-refractivity contribution is 7.16. The van der Waals surface area contributed by atoms with Crippen molar-refractivity contribution in [2.24, 2.45) is 0 Å². The van der Waals surface area contributed by atoms with E-state index in [1.54, 1.807) is 48.5 Å². The van der Waals surface area contributed by atoms with Gasteiger partial charge in [0.2, 0.25) is 0 Å². The smallest absolute Gasteiger partial charge is 0.266 e. The van der Waals surface area contributed by atoms with Crippen molar-refractivity contribution in [2.75, 3.05) is 10.2 Å². The van der Waals surface area contributed by atoms with Gasteiger partial charge in [0.25, 0.3) is 17.7 Å². The zero-order valence-electron chi connectivity index (χ0n) is 17.3. The molecule has 3 aromatic carbocycles.